The van der Waals surface area contributed by atoms with E-state index in [2.05, 4.69) is 33.8 Å². The molecule has 0 aliphatic carbocycles. The zero-order valence-electron chi connectivity index (χ0n) is 11.7. The van der Waals surface area contributed by atoms with Crippen molar-refractivity contribution in [2.45, 2.75) is 53.3 Å². The fourth-order valence-electron chi connectivity index (χ4n) is 2.50. The minimum Gasteiger partial charge on any atom is -0.447 e. The molecule has 17 heavy (non-hydrogen) atoms. The molecule has 96 valence electrons. The molecule has 1 atom stereocenters. The van der Waals surface area contributed by atoms with Gasteiger partial charge in [-0.15, -0.1) is 0 Å². The van der Waals surface area contributed by atoms with Crippen LogP contribution >= 0.6 is 0 Å². The smallest absolute Gasteiger partial charge is 0.413 e. The van der Waals surface area contributed by atoms with E-state index < -0.39 is 0 Å². The maximum Gasteiger partial charge on any atom is 0.413 e. The van der Waals surface area contributed by atoms with Crippen LogP contribution in [0.1, 0.15) is 34.6 Å². The summed E-state index contributed by atoms with van der Waals surface area (Å²) in [5, 5.41) is 0. The zero-order valence-corrected chi connectivity index (χ0v) is 11.7. The molecular weight excluding hydrogens is 213 g/mol. The monoisotopic (exact) mass is 237 g/mol. The largest absolute Gasteiger partial charge is 0.447 e. The van der Waals surface area contributed by atoms with Crippen molar-refractivity contribution in [2.24, 2.45) is 5.92 Å². The van der Waals surface area contributed by atoms with E-state index in [1.54, 1.807) is 0 Å². The van der Waals surface area contributed by atoms with E-state index in [0.29, 0.717) is 19.2 Å². The van der Waals surface area contributed by atoms with Crippen LogP contribution in [0.3, 0.4) is 0 Å². The first-order valence-corrected chi connectivity index (χ1v) is 6.68. The lowest BCUT2D eigenvalue weighted by Gasteiger charge is -2.29. The molecule has 1 heterocycles. The van der Waals surface area contributed by atoms with Crippen LogP contribution in [-0.4, -0.2) is 30.4 Å². The lowest BCUT2D eigenvalue weighted by Crippen LogP contribution is -2.41. The quantitative estimate of drug-likeness (QED) is 0.685. The van der Waals surface area contributed by atoms with E-state index in [-0.39, 0.29) is 12.1 Å². The molecule has 0 saturated carbocycles. The van der Waals surface area contributed by atoms with E-state index in [0.717, 1.165) is 18.2 Å². The Labute approximate surface area is 105 Å². The van der Waals surface area contributed by atoms with Crippen LogP contribution in [0.4, 0.5) is 4.79 Å². The molecule has 1 fully saturated rings. The minimum absolute atomic E-state index is 0.177. The summed E-state index contributed by atoms with van der Waals surface area (Å²) in [6.45, 7) is 11.6. The first kappa shape index (κ1) is 14.1. The fraction of sp³-hybridized carbons (Fsp3) is 0.769. The fourth-order valence-corrected chi connectivity index (χ4v) is 2.50. The molecule has 0 spiro atoms. The summed E-state index contributed by atoms with van der Waals surface area (Å²) in [7, 11) is 0. The van der Waals surface area contributed by atoms with Gasteiger partial charge >= 0.3 is 6.09 Å². The predicted octanol–water partition coefficient (Wildman–Crippen LogP) is 3.44. The molecule has 1 aliphatic heterocycles. The summed E-state index contributed by atoms with van der Waals surface area (Å²) in [6, 6.07) is 0.189. The van der Waals surface area contributed by atoms with Gasteiger partial charge in [0, 0.05) is 0 Å². The van der Waals surface area contributed by atoms with Gasteiger partial charge in [0.05, 0.1) is 6.04 Å². The van der Waals surface area contributed by atoms with E-state index >= 15 is 0 Å². The summed E-state index contributed by atoms with van der Waals surface area (Å²) < 4.78 is 5.21. The number of carbonyl (C=O) groups excluding carboxylic acids is 1. The van der Waals surface area contributed by atoms with Crippen LogP contribution in [0.15, 0.2) is 11.7 Å². The molecule has 1 amide bonds. The first-order chi connectivity index (χ1) is 8.06. The number of allylic oxidation sites excluding steroid dienone is 1. The van der Waals surface area contributed by atoms with Gasteiger partial charge in [-0.2, -0.15) is 0 Å². The topological polar surface area (TPSA) is 29.5 Å². The van der Waals surface area contributed by atoms with E-state index in [4.69, 9.17) is 4.74 Å². The SMILES string of the molecule is C/C=C(\B(CC)CC)N1C(=O)OC[C@@H]1C(C)C. The highest BCUT2D eigenvalue weighted by molar-refractivity contribution is 6.66. The van der Waals surface area contributed by atoms with Crippen molar-refractivity contribution < 1.29 is 9.53 Å². The van der Waals surface area contributed by atoms with Gasteiger partial charge in [-0.05, 0) is 18.4 Å². The third-order valence-electron chi connectivity index (χ3n) is 3.65. The van der Waals surface area contributed by atoms with Crippen LogP contribution in [-0.2, 0) is 4.74 Å². The van der Waals surface area contributed by atoms with Gasteiger partial charge in [-0.1, -0.05) is 46.4 Å². The van der Waals surface area contributed by atoms with Crippen molar-refractivity contribution in [1.29, 1.82) is 0 Å². The lowest BCUT2D eigenvalue weighted by molar-refractivity contribution is 0.165. The number of rotatable bonds is 5. The maximum absolute atomic E-state index is 11.9. The van der Waals surface area contributed by atoms with Crippen molar-refractivity contribution >= 4 is 12.8 Å². The van der Waals surface area contributed by atoms with Crippen molar-refractivity contribution in [2.75, 3.05) is 6.61 Å². The second-order valence-corrected chi connectivity index (χ2v) is 4.99. The number of hydrogen-bond acceptors (Lipinski definition) is 2. The Balaban J connectivity index is 2.97. The van der Waals surface area contributed by atoms with Crippen LogP contribution in [0, 0.1) is 5.92 Å². The highest BCUT2D eigenvalue weighted by atomic mass is 16.6. The van der Waals surface area contributed by atoms with Gasteiger partial charge in [0.1, 0.15) is 6.61 Å². The normalized spacial score (nSPS) is 21.1. The Morgan fingerprint density at radius 1 is 1.53 bits per heavy atom. The Morgan fingerprint density at radius 2 is 2.12 bits per heavy atom. The number of hydrogen-bond donors (Lipinski definition) is 0. The number of amides is 1. The maximum atomic E-state index is 11.9. The van der Waals surface area contributed by atoms with Gasteiger partial charge in [0.25, 0.3) is 0 Å². The van der Waals surface area contributed by atoms with Gasteiger partial charge in [0.15, 0.2) is 6.71 Å². The Bertz CT molecular complexity index is 298. The van der Waals surface area contributed by atoms with Crippen LogP contribution < -0.4 is 0 Å². The van der Waals surface area contributed by atoms with E-state index in [1.165, 1.54) is 0 Å². The molecule has 3 nitrogen and oxygen atoms in total. The lowest BCUT2D eigenvalue weighted by atomic mass is 9.42. The molecule has 0 bridgehead atoms. The molecule has 0 unspecified atom stereocenters. The molecular formula is C13H24BNO2. The molecule has 0 aromatic rings. The van der Waals surface area contributed by atoms with Crippen LogP contribution in [0.2, 0.25) is 12.6 Å². The molecule has 1 aliphatic rings. The van der Waals surface area contributed by atoms with Gasteiger partial charge < -0.3 is 4.74 Å². The molecule has 0 N–H and O–H groups in total. The molecule has 1 rings (SSSR count). The molecule has 0 aromatic carbocycles. The minimum atomic E-state index is -0.177. The Kier molecular flexibility index (Phi) is 5.10. The van der Waals surface area contributed by atoms with E-state index in [9.17, 15) is 4.79 Å². The molecule has 1 saturated heterocycles. The third-order valence-corrected chi connectivity index (χ3v) is 3.65. The number of carbonyl (C=O) groups is 1. The van der Waals surface area contributed by atoms with Gasteiger partial charge in [-0.3, -0.25) is 4.90 Å². The molecule has 0 radical (unpaired) electrons. The highest BCUT2D eigenvalue weighted by Crippen LogP contribution is 2.27. The van der Waals surface area contributed by atoms with Gasteiger partial charge in [-0.25, -0.2) is 4.79 Å². The highest BCUT2D eigenvalue weighted by Gasteiger charge is 2.39. The van der Waals surface area contributed by atoms with Crippen molar-refractivity contribution in [3.8, 4) is 0 Å². The average Bonchev–Trinajstić information content (AvgIpc) is 2.68. The summed E-state index contributed by atoms with van der Waals surface area (Å²) in [5.41, 5.74) is 1.14. The second kappa shape index (κ2) is 6.13. The molecule has 0 aromatic heterocycles. The number of cyclic esters (lactones) is 1. The van der Waals surface area contributed by atoms with E-state index in [1.807, 2.05) is 11.8 Å². The summed E-state index contributed by atoms with van der Waals surface area (Å²) in [4.78, 5) is 13.8. The van der Waals surface area contributed by atoms with Crippen molar-refractivity contribution in [3.05, 3.63) is 11.7 Å². The number of nitrogens with zero attached hydrogens (tertiary/aromatic N) is 1. The van der Waals surface area contributed by atoms with Crippen molar-refractivity contribution in [1.82, 2.24) is 4.90 Å². The first-order valence-electron chi connectivity index (χ1n) is 6.68. The number of ether oxygens (including phenoxy) is 1. The van der Waals surface area contributed by atoms with Crippen LogP contribution in [0.25, 0.3) is 0 Å². The summed E-state index contributed by atoms with van der Waals surface area (Å²) in [6.07, 6.45) is 4.01. The summed E-state index contributed by atoms with van der Waals surface area (Å²) in [5.74, 6) is 0.422. The Hall–Kier alpha value is -0.925. The third kappa shape index (κ3) is 2.85. The molecule has 4 heteroatoms. The zero-order chi connectivity index (χ0) is 13.0. The Morgan fingerprint density at radius 3 is 2.53 bits per heavy atom. The second-order valence-electron chi connectivity index (χ2n) is 4.99. The summed E-state index contributed by atoms with van der Waals surface area (Å²) >= 11 is 0. The standard InChI is InChI=1S/C13H24BNO2/c1-6-12(14(7-2)8-3)15-11(10(4)5)9-17-13(15)16/h6,10-11H,7-9H2,1-5H3/b12-6+/t11-/m1/s1. The van der Waals surface area contributed by atoms with Crippen LogP contribution in [0.5, 0.6) is 0 Å². The van der Waals surface area contributed by atoms with Crippen molar-refractivity contribution in [3.63, 3.8) is 0 Å². The predicted molar refractivity (Wildman–Crippen MR) is 72.3 cm³/mol. The average molecular weight is 237 g/mol. The van der Waals surface area contributed by atoms with Gasteiger partial charge in [0.2, 0.25) is 0 Å².